The maximum atomic E-state index is 11.1. The van der Waals surface area contributed by atoms with Crippen LogP contribution < -0.4 is 4.72 Å². The molecule has 1 unspecified atom stereocenters. The molecule has 8 heteroatoms. The Kier molecular flexibility index (Phi) is 3.79. The fraction of sp³-hybridized carbons (Fsp3) is 0.900. The van der Waals surface area contributed by atoms with Gasteiger partial charge < -0.3 is 10.0 Å². The lowest BCUT2D eigenvalue weighted by Crippen LogP contribution is -2.60. The Morgan fingerprint density at radius 2 is 2.17 bits per heavy atom. The lowest BCUT2D eigenvalue weighted by atomic mass is 10.1. The molecule has 2 saturated heterocycles. The summed E-state index contributed by atoms with van der Waals surface area (Å²) in [4.78, 5) is 14.7. The van der Waals surface area contributed by atoms with Crippen LogP contribution in [-0.2, 0) is 10.0 Å². The smallest absolute Gasteiger partial charge is 0.407 e. The van der Waals surface area contributed by atoms with Gasteiger partial charge in [-0.1, -0.05) is 0 Å². The molecule has 104 valence electrons. The van der Waals surface area contributed by atoms with E-state index in [-0.39, 0.29) is 18.6 Å². The average molecular weight is 277 g/mol. The lowest BCUT2D eigenvalue weighted by molar-refractivity contribution is 0.0517. The van der Waals surface area contributed by atoms with Gasteiger partial charge in [-0.2, -0.15) is 0 Å². The monoisotopic (exact) mass is 277 g/mol. The first-order chi connectivity index (χ1) is 8.37. The maximum absolute atomic E-state index is 11.1. The lowest BCUT2D eigenvalue weighted by Gasteiger charge is -2.42. The van der Waals surface area contributed by atoms with E-state index in [4.69, 9.17) is 5.11 Å². The van der Waals surface area contributed by atoms with Crippen LogP contribution in [0.25, 0.3) is 0 Å². The number of fused-ring (bicyclic) bond motifs is 1. The fourth-order valence-electron chi connectivity index (χ4n) is 2.81. The zero-order valence-corrected chi connectivity index (χ0v) is 11.2. The van der Waals surface area contributed by atoms with Crippen molar-refractivity contribution >= 4 is 16.1 Å². The SMILES string of the molecule is CS(=O)(=O)NCC1CN(C(=O)O)C[C@@H]2CCCN12. The maximum Gasteiger partial charge on any atom is 0.407 e. The number of hydrogen-bond acceptors (Lipinski definition) is 4. The van der Waals surface area contributed by atoms with E-state index in [2.05, 4.69) is 9.62 Å². The highest BCUT2D eigenvalue weighted by molar-refractivity contribution is 7.88. The van der Waals surface area contributed by atoms with Crippen LogP contribution >= 0.6 is 0 Å². The van der Waals surface area contributed by atoms with Gasteiger partial charge in [0, 0.05) is 31.7 Å². The topological polar surface area (TPSA) is 90.0 Å². The summed E-state index contributed by atoms with van der Waals surface area (Å²) in [7, 11) is -3.23. The largest absolute Gasteiger partial charge is 0.465 e. The summed E-state index contributed by atoms with van der Waals surface area (Å²) in [6.45, 7) is 2.10. The van der Waals surface area contributed by atoms with E-state index in [9.17, 15) is 13.2 Å². The molecule has 0 spiro atoms. The van der Waals surface area contributed by atoms with Crippen molar-refractivity contribution in [1.29, 1.82) is 0 Å². The molecule has 0 radical (unpaired) electrons. The predicted molar refractivity (Wildman–Crippen MR) is 66.0 cm³/mol. The van der Waals surface area contributed by atoms with Gasteiger partial charge >= 0.3 is 6.09 Å². The number of rotatable bonds is 3. The molecular formula is C10H19N3O4S. The molecule has 7 nitrogen and oxygen atoms in total. The summed E-state index contributed by atoms with van der Waals surface area (Å²) >= 11 is 0. The van der Waals surface area contributed by atoms with Crippen LogP contribution in [0.2, 0.25) is 0 Å². The molecule has 0 bridgehead atoms. The van der Waals surface area contributed by atoms with E-state index in [0.29, 0.717) is 13.1 Å². The van der Waals surface area contributed by atoms with Crippen LogP contribution in [0.1, 0.15) is 12.8 Å². The van der Waals surface area contributed by atoms with Gasteiger partial charge in [0.15, 0.2) is 0 Å². The quantitative estimate of drug-likeness (QED) is 0.716. The summed E-state index contributed by atoms with van der Waals surface area (Å²) < 4.78 is 24.7. The van der Waals surface area contributed by atoms with Gasteiger partial charge in [0.1, 0.15) is 0 Å². The predicted octanol–water partition coefficient (Wildman–Crippen LogP) is -0.638. The first kappa shape index (κ1) is 13.6. The van der Waals surface area contributed by atoms with Crippen molar-refractivity contribution in [2.24, 2.45) is 0 Å². The van der Waals surface area contributed by atoms with Crippen molar-refractivity contribution in [3.8, 4) is 0 Å². The average Bonchev–Trinajstić information content (AvgIpc) is 2.72. The highest BCUT2D eigenvalue weighted by Gasteiger charge is 2.38. The molecule has 2 aliphatic rings. The summed E-state index contributed by atoms with van der Waals surface area (Å²) in [5, 5.41) is 9.07. The van der Waals surface area contributed by atoms with Gasteiger partial charge in [-0.3, -0.25) is 4.90 Å². The van der Waals surface area contributed by atoms with Crippen molar-refractivity contribution in [2.75, 3.05) is 32.4 Å². The second kappa shape index (κ2) is 5.02. The third-order valence-corrected chi connectivity index (χ3v) is 4.30. The number of hydrogen-bond donors (Lipinski definition) is 2. The molecule has 2 atom stereocenters. The normalized spacial score (nSPS) is 29.3. The van der Waals surface area contributed by atoms with E-state index in [1.807, 2.05) is 0 Å². The number of sulfonamides is 1. The van der Waals surface area contributed by atoms with Gasteiger partial charge in [0.25, 0.3) is 0 Å². The summed E-state index contributed by atoms with van der Waals surface area (Å²) in [5.74, 6) is 0. The van der Waals surface area contributed by atoms with E-state index in [1.54, 1.807) is 0 Å². The van der Waals surface area contributed by atoms with Crippen molar-refractivity contribution in [2.45, 2.75) is 24.9 Å². The fourth-order valence-corrected chi connectivity index (χ4v) is 3.30. The van der Waals surface area contributed by atoms with Crippen LogP contribution in [-0.4, -0.2) is 73.9 Å². The standard InChI is InChI=1S/C10H19N3O4S/c1-18(16,17)11-5-9-7-12(10(14)15)6-8-3-2-4-13(8)9/h8-9,11H,2-7H2,1H3,(H,14,15)/t8-,9?/m0/s1. The highest BCUT2D eigenvalue weighted by Crippen LogP contribution is 2.25. The molecule has 0 aromatic carbocycles. The van der Waals surface area contributed by atoms with Gasteiger partial charge in [-0.25, -0.2) is 17.9 Å². The number of carbonyl (C=O) groups is 1. The molecule has 2 heterocycles. The Morgan fingerprint density at radius 3 is 2.78 bits per heavy atom. The third-order valence-electron chi connectivity index (χ3n) is 3.61. The first-order valence-electron chi connectivity index (χ1n) is 6.05. The second-order valence-corrected chi connectivity index (χ2v) is 6.83. The Bertz CT molecular complexity index is 425. The van der Waals surface area contributed by atoms with Gasteiger partial charge in [0.2, 0.25) is 10.0 Å². The Balaban J connectivity index is 2.03. The molecule has 0 aromatic heterocycles. The molecule has 0 aromatic rings. The van der Waals surface area contributed by atoms with Crippen LogP contribution in [0.5, 0.6) is 0 Å². The van der Waals surface area contributed by atoms with Gasteiger partial charge in [-0.15, -0.1) is 0 Å². The van der Waals surface area contributed by atoms with Crippen LogP contribution in [0.3, 0.4) is 0 Å². The van der Waals surface area contributed by atoms with Gasteiger partial charge in [-0.05, 0) is 19.4 Å². The zero-order chi connectivity index (χ0) is 13.3. The number of amides is 1. The second-order valence-electron chi connectivity index (χ2n) is 5.00. The first-order valence-corrected chi connectivity index (χ1v) is 7.94. The van der Waals surface area contributed by atoms with Gasteiger partial charge in [0.05, 0.1) is 6.26 Å². The Morgan fingerprint density at radius 1 is 1.44 bits per heavy atom. The van der Waals surface area contributed by atoms with E-state index in [1.165, 1.54) is 4.90 Å². The summed E-state index contributed by atoms with van der Waals surface area (Å²) in [5.41, 5.74) is 0. The molecule has 2 aliphatic heterocycles. The van der Waals surface area contributed by atoms with E-state index >= 15 is 0 Å². The molecular weight excluding hydrogens is 258 g/mol. The Labute approximate surface area is 107 Å². The van der Waals surface area contributed by atoms with Crippen LogP contribution in [0.15, 0.2) is 0 Å². The summed E-state index contributed by atoms with van der Waals surface area (Å²) in [6.07, 6.45) is 2.23. The minimum atomic E-state index is -3.23. The number of carboxylic acid groups (broad SMARTS) is 1. The van der Waals surface area contributed by atoms with Crippen molar-refractivity contribution in [1.82, 2.24) is 14.5 Å². The van der Waals surface area contributed by atoms with E-state index in [0.717, 1.165) is 25.6 Å². The summed E-state index contributed by atoms with van der Waals surface area (Å²) in [6, 6.07) is 0.179. The van der Waals surface area contributed by atoms with Crippen molar-refractivity contribution in [3.63, 3.8) is 0 Å². The molecule has 2 fully saturated rings. The van der Waals surface area contributed by atoms with Crippen molar-refractivity contribution < 1.29 is 18.3 Å². The number of piperazine rings is 1. The molecule has 0 aliphatic carbocycles. The molecule has 2 rings (SSSR count). The Hall–Kier alpha value is -0.860. The highest BCUT2D eigenvalue weighted by atomic mass is 32.2. The molecule has 18 heavy (non-hydrogen) atoms. The minimum absolute atomic E-state index is 0.0583. The number of nitrogens with one attached hydrogen (secondary N) is 1. The molecule has 0 saturated carbocycles. The molecule has 2 N–H and O–H groups in total. The zero-order valence-electron chi connectivity index (χ0n) is 10.4. The van der Waals surface area contributed by atoms with Crippen molar-refractivity contribution in [3.05, 3.63) is 0 Å². The third kappa shape index (κ3) is 3.12. The van der Waals surface area contributed by atoms with Crippen LogP contribution in [0.4, 0.5) is 4.79 Å². The van der Waals surface area contributed by atoms with Crippen LogP contribution in [0, 0.1) is 0 Å². The number of nitrogens with zero attached hydrogens (tertiary/aromatic N) is 2. The van der Waals surface area contributed by atoms with E-state index < -0.39 is 16.1 Å². The molecule has 1 amide bonds. The minimum Gasteiger partial charge on any atom is -0.465 e.